The van der Waals surface area contributed by atoms with Crippen molar-refractivity contribution in [1.29, 1.82) is 0 Å². The fourth-order valence-electron chi connectivity index (χ4n) is 7.46. The Morgan fingerprint density at radius 1 is 0.318 bits per heavy atom. The molecule has 1 saturated carbocycles. The Morgan fingerprint density at radius 2 is 0.591 bits per heavy atom. The molecule has 208 valence electrons. The number of para-hydroxylation sites is 4. The summed E-state index contributed by atoms with van der Waals surface area (Å²) >= 11 is 0. The largest absolute Gasteiger partial charge is 0.316 e. The monoisotopic (exact) mass is 562 g/mol. The van der Waals surface area contributed by atoms with E-state index in [1.165, 1.54) is 65.9 Å². The molecule has 0 spiro atoms. The van der Waals surface area contributed by atoms with Gasteiger partial charge in [-0.15, -0.1) is 0 Å². The van der Waals surface area contributed by atoms with E-state index in [0.717, 1.165) is 0 Å². The molecule has 0 amide bonds. The minimum Gasteiger partial charge on any atom is -0.316 e. The summed E-state index contributed by atoms with van der Waals surface area (Å²) in [7, 11) is 0. The first-order valence-electron chi connectivity index (χ1n) is 15.4. The first kappa shape index (κ1) is 24.9. The Balaban J connectivity index is 1.36. The second-order valence-electron chi connectivity index (χ2n) is 11.8. The predicted octanol–water partition coefficient (Wildman–Crippen LogP) is 10.9. The molecule has 1 aliphatic carbocycles. The smallest absolute Gasteiger partial charge is 0.0535 e. The van der Waals surface area contributed by atoms with E-state index in [-0.39, 0.29) is 11.8 Å². The van der Waals surface area contributed by atoms with Crippen molar-refractivity contribution in [2.24, 2.45) is 0 Å². The molecule has 1 aliphatic rings. The Hall–Kier alpha value is -5.60. The molecule has 6 aromatic carbocycles. The van der Waals surface area contributed by atoms with Crippen LogP contribution < -0.4 is 0 Å². The summed E-state index contributed by atoms with van der Waals surface area (Å²) < 4.78 is 4.83. The Kier molecular flexibility index (Phi) is 5.67. The lowest BCUT2D eigenvalue weighted by molar-refractivity contribution is 0.591. The van der Waals surface area contributed by atoms with Gasteiger partial charge in [-0.1, -0.05) is 133 Å². The van der Waals surface area contributed by atoms with Crippen LogP contribution in [0.1, 0.15) is 23.0 Å². The van der Waals surface area contributed by atoms with Crippen LogP contribution in [0.25, 0.3) is 56.0 Å². The van der Waals surface area contributed by atoms with E-state index in [1.54, 1.807) is 0 Å². The third-order valence-corrected chi connectivity index (χ3v) is 9.43. The minimum absolute atomic E-state index is 0.220. The van der Waals surface area contributed by atoms with Gasteiger partial charge in [-0.05, 0) is 46.5 Å². The van der Waals surface area contributed by atoms with Gasteiger partial charge in [0.25, 0.3) is 0 Å². The number of aromatic nitrogens is 2. The standard InChI is InChI=1S/C42H30N2/c1-3-15-29(16-4-1)41-35(27-43-37-23-11-7-19-31(37)32-20-8-12-24-38(32)43)36(42(41)30-17-5-2-6-18-30)28-44-39-25-13-9-21-33(39)34-22-10-14-26-40(34)44/h1-28,41-42H/b35-27+,36-28+/t41-,42-/m0/s1. The number of benzene rings is 6. The van der Waals surface area contributed by atoms with Gasteiger partial charge in [0.1, 0.15) is 0 Å². The molecule has 2 nitrogen and oxygen atoms in total. The SMILES string of the molecule is C(=C1/C(=C\n2c3ccccc3c3ccccc32)[C@H](c2ccccc2)[C@H]1c1ccccc1)/n1c2ccccc2c2ccccc21. The van der Waals surface area contributed by atoms with Crippen molar-refractivity contribution in [3.63, 3.8) is 0 Å². The molecule has 0 unspecified atom stereocenters. The van der Waals surface area contributed by atoms with Crippen LogP contribution in [0.4, 0.5) is 0 Å². The average molecular weight is 563 g/mol. The molecule has 0 aliphatic heterocycles. The zero-order chi connectivity index (χ0) is 29.0. The topological polar surface area (TPSA) is 9.86 Å². The van der Waals surface area contributed by atoms with Crippen LogP contribution in [0, 0.1) is 0 Å². The number of hydrogen-bond donors (Lipinski definition) is 0. The highest BCUT2D eigenvalue weighted by Crippen LogP contribution is 2.58. The average Bonchev–Trinajstić information content (AvgIpc) is 3.58. The summed E-state index contributed by atoms with van der Waals surface area (Å²) in [4.78, 5) is 0. The Labute approximate surface area is 256 Å². The van der Waals surface area contributed by atoms with Crippen LogP contribution in [-0.4, -0.2) is 9.13 Å². The molecule has 0 N–H and O–H groups in total. The van der Waals surface area contributed by atoms with Crippen LogP contribution in [0.3, 0.4) is 0 Å². The first-order chi connectivity index (χ1) is 21.9. The van der Waals surface area contributed by atoms with Crippen molar-refractivity contribution in [3.05, 3.63) is 180 Å². The van der Waals surface area contributed by atoms with Gasteiger partial charge in [0.15, 0.2) is 0 Å². The number of rotatable bonds is 4. The van der Waals surface area contributed by atoms with Crippen LogP contribution in [0.15, 0.2) is 169 Å². The van der Waals surface area contributed by atoms with Gasteiger partial charge in [-0.25, -0.2) is 0 Å². The van der Waals surface area contributed by atoms with Crippen molar-refractivity contribution in [2.75, 3.05) is 0 Å². The molecule has 2 atom stereocenters. The molecule has 0 bridgehead atoms. The Morgan fingerprint density at radius 3 is 0.909 bits per heavy atom. The van der Waals surface area contributed by atoms with E-state index in [4.69, 9.17) is 0 Å². The second-order valence-corrected chi connectivity index (χ2v) is 11.8. The molecule has 1 fully saturated rings. The zero-order valence-electron chi connectivity index (χ0n) is 24.2. The van der Waals surface area contributed by atoms with Crippen LogP contribution in [0.2, 0.25) is 0 Å². The number of hydrogen-bond acceptors (Lipinski definition) is 0. The molecule has 2 aromatic heterocycles. The van der Waals surface area contributed by atoms with Crippen molar-refractivity contribution in [1.82, 2.24) is 9.13 Å². The maximum Gasteiger partial charge on any atom is 0.0535 e. The van der Waals surface area contributed by atoms with Crippen molar-refractivity contribution in [3.8, 4) is 0 Å². The fraction of sp³-hybridized carbons (Fsp3) is 0.0476. The van der Waals surface area contributed by atoms with Gasteiger partial charge in [-0.2, -0.15) is 0 Å². The van der Waals surface area contributed by atoms with E-state index < -0.39 is 0 Å². The van der Waals surface area contributed by atoms with E-state index >= 15 is 0 Å². The lowest BCUT2D eigenvalue weighted by Crippen LogP contribution is -2.29. The van der Waals surface area contributed by atoms with E-state index in [2.05, 4.69) is 179 Å². The van der Waals surface area contributed by atoms with Gasteiger partial charge in [0.2, 0.25) is 0 Å². The Bertz CT molecular complexity index is 2110. The number of fused-ring (bicyclic) bond motifs is 6. The molecule has 44 heavy (non-hydrogen) atoms. The summed E-state index contributed by atoms with van der Waals surface area (Å²) in [6, 6.07) is 57.2. The molecule has 8 aromatic rings. The lowest BCUT2D eigenvalue weighted by atomic mass is 9.60. The third-order valence-electron chi connectivity index (χ3n) is 9.43. The van der Waals surface area contributed by atoms with Crippen molar-refractivity contribution >= 4 is 56.0 Å². The molecule has 0 radical (unpaired) electrons. The second kappa shape index (κ2) is 10.00. The summed E-state index contributed by atoms with van der Waals surface area (Å²) in [5.41, 5.74) is 10.3. The summed E-state index contributed by atoms with van der Waals surface area (Å²) in [6.07, 6.45) is 4.84. The molecule has 0 saturated heterocycles. The quantitative estimate of drug-likeness (QED) is 0.202. The van der Waals surface area contributed by atoms with Crippen LogP contribution >= 0.6 is 0 Å². The molecule has 2 heterocycles. The number of allylic oxidation sites excluding steroid dienone is 2. The highest BCUT2D eigenvalue weighted by Gasteiger charge is 2.43. The van der Waals surface area contributed by atoms with Crippen LogP contribution in [-0.2, 0) is 0 Å². The lowest BCUT2D eigenvalue weighted by Gasteiger charge is -2.44. The summed E-state index contributed by atoms with van der Waals surface area (Å²) in [5, 5.41) is 5.12. The molecule has 2 heteroatoms. The third kappa shape index (κ3) is 3.74. The predicted molar refractivity (Wildman–Crippen MR) is 186 cm³/mol. The van der Waals surface area contributed by atoms with Gasteiger partial charge in [0, 0.05) is 45.8 Å². The summed E-state index contributed by atoms with van der Waals surface area (Å²) in [6.45, 7) is 0. The van der Waals surface area contributed by atoms with E-state index in [0.29, 0.717) is 0 Å². The zero-order valence-corrected chi connectivity index (χ0v) is 24.2. The van der Waals surface area contributed by atoms with E-state index in [1.807, 2.05) is 0 Å². The first-order valence-corrected chi connectivity index (χ1v) is 15.4. The van der Waals surface area contributed by atoms with Gasteiger partial charge < -0.3 is 9.13 Å². The van der Waals surface area contributed by atoms with Crippen molar-refractivity contribution < 1.29 is 0 Å². The van der Waals surface area contributed by atoms with Gasteiger partial charge >= 0.3 is 0 Å². The van der Waals surface area contributed by atoms with Gasteiger partial charge in [-0.3, -0.25) is 0 Å². The fourth-order valence-corrected chi connectivity index (χ4v) is 7.46. The summed E-state index contributed by atoms with van der Waals surface area (Å²) in [5.74, 6) is 0.440. The molecular formula is C42H30N2. The van der Waals surface area contributed by atoms with Crippen molar-refractivity contribution in [2.45, 2.75) is 11.8 Å². The minimum atomic E-state index is 0.220. The maximum atomic E-state index is 2.42. The molecule has 9 rings (SSSR count). The maximum absolute atomic E-state index is 2.42. The molecular weight excluding hydrogens is 532 g/mol. The highest BCUT2D eigenvalue weighted by molar-refractivity contribution is 6.10. The highest BCUT2D eigenvalue weighted by atomic mass is 15.0. The van der Waals surface area contributed by atoms with E-state index in [9.17, 15) is 0 Å². The number of nitrogens with zero attached hydrogens (tertiary/aromatic N) is 2. The van der Waals surface area contributed by atoms with Gasteiger partial charge in [0.05, 0.1) is 22.1 Å². The van der Waals surface area contributed by atoms with Crippen LogP contribution in [0.5, 0.6) is 0 Å². The normalized spacial score (nSPS) is 18.5.